The van der Waals surface area contributed by atoms with Crippen molar-refractivity contribution in [1.82, 2.24) is 14.8 Å². The number of nitrogens with zero attached hydrogens (tertiary/aromatic N) is 5. The molecule has 0 unspecified atom stereocenters. The van der Waals surface area contributed by atoms with Crippen molar-refractivity contribution in [2.75, 3.05) is 37.2 Å². The quantitative estimate of drug-likeness (QED) is 0.314. The van der Waals surface area contributed by atoms with E-state index in [1.165, 1.54) is 46.3 Å². The van der Waals surface area contributed by atoms with Crippen molar-refractivity contribution in [3.63, 3.8) is 0 Å². The van der Waals surface area contributed by atoms with Gasteiger partial charge in [0, 0.05) is 30.4 Å². The number of ether oxygens (including phenoxy) is 3. The molecule has 0 saturated heterocycles. The summed E-state index contributed by atoms with van der Waals surface area (Å²) in [6.45, 7) is 0.372. The van der Waals surface area contributed by atoms with E-state index in [1.807, 2.05) is 18.3 Å². The topological polar surface area (TPSA) is 82.0 Å². The molecule has 2 amide bonds. The van der Waals surface area contributed by atoms with E-state index in [4.69, 9.17) is 18.3 Å². The fourth-order valence-electron chi connectivity index (χ4n) is 4.10. The molecule has 0 fully saturated rings. The van der Waals surface area contributed by atoms with Crippen LogP contribution in [0.4, 0.5) is 30.6 Å². The fraction of sp³-hybridized carbons (Fsp3) is 0.269. The van der Waals surface area contributed by atoms with Crippen molar-refractivity contribution >= 4 is 34.0 Å². The van der Waals surface area contributed by atoms with E-state index in [0.717, 1.165) is 10.9 Å². The number of aromatic nitrogens is 3. The van der Waals surface area contributed by atoms with Crippen LogP contribution in [0, 0.1) is 0 Å². The van der Waals surface area contributed by atoms with Crippen LogP contribution >= 0.6 is 0 Å². The van der Waals surface area contributed by atoms with Crippen molar-refractivity contribution in [3.8, 4) is 11.5 Å². The van der Waals surface area contributed by atoms with Gasteiger partial charge in [-0.05, 0) is 42.5 Å². The highest BCUT2D eigenvalue weighted by Gasteiger charge is 2.34. The SMILES string of the molecule is [2H]C([2H])([2H])Oc1ccc(N2C(=O)N(c3ccc4nn(CCOC)cc4c3)Cc3ncc(OCC(F)F)cc32)cc1. The third-order valence-corrected chi connectivity index (χ3v) is 5.85. The summed E-state index contributed by atoms with van der Waals surface area (Å²) in [5.41, 5.74) is 2.59. The molecule has 11 heteroatoms. The van der Waals surface area contributed by atoms with Crippen molar-refractivity contribution in [3.05, 3.63) is 66.6 Å². The Morgan fingerprint density at radius 3 is 2.68 bits per heavy atom. The van der Waals surface area contributed by atoms with E-state index in [-0.39, 0.29) is 18.0 Å². The van der Waals surface area contributed by atoms with Crippen LogP contribution in [0.25, 0.3) is 10.9 Å². The number of pyridine rings is 1. The Balaban J connectivity index is 1.52. The molecule has 192 valence electrons. The summed E-state index contributed by atoms with van der Waals surface area (Å²) >= 11 is 0. The van der Waals surface area contributed by atoms with Gasteiger partial charge in [-0.25, -0.2) is 13.6 Å². The molecular weight excluding hydrogens is 484 g/mol. The highest BCUT2D eigenvalue weighted by atomic mass is 19.3. The molecule has 0 radical (unpaired) electrons. The van der Waals surface area contributed by atoms with Crippen LogP contribution in [0.1, 0.15) is 9.81 Å². The number of anilines is 3. The Morgan fingerprint density at radius 1 is 1.11 bits per heavy atom. The molecule has 4 aromatic rings. The van der Waals surface area contributed by atoms with Gasteiger partial charge in [-0.15, -0.1) is 0 Å². The third kappa shape index (κ3) is 5.03. The Morgan fingerprint density at radius 2 is 1.92 bits per heavy atom. The molecule has 0 N–H and O–H groups in total. The van der Waals surface area contributed by atoms with Crippen LogP contribution in [0.2, 0.25) is 0 Å². The minimum atomic E-state index is -2.68. The smallest absolute Gasteiger partial charge is 0.334 e. The molecule has 9 nitrogen and oxygen atoms in total. The van der Waals surface area contributed by atoms with Gasteiger partial charge in [0.05, 0.1) is 59.6 Å². The molecular formula is C26H25F2N5O4. The average Bonchev–Trinajstić information content (AvgIpc) is 3.32. The monoisotopic (exact) mass is 512 g/mol. The van der Waals surface area contributed by atoms with Gasteiger partial charge >= 0.3 is 6.03 Å². The van der Waals surface area contributed by atoms with Crippen LogP contribution in [0.5, 0.6) is 11.5 Å². The van der Waals surface area contributed by atoms with Crippen LogP contribution in [-0.4, -0.2) is 54.6 Å². The number of carbonyl (C=O) groups is 1. The molecule has 0 saturated carbocycles. The van der Waals surface area contributed by atoms with Gasteiger partial charge in [-0.2, -0.15) is 5.10 Å². The molecule has 2 aromatic heterocycles. The summed E-state index contributed by atoms with van der Waals surface area (Å²) in [6.07, 6.45) is 0.528. The van der Waals surface area contributed by atoms with Crippen LogP contribution in [0.15, 0.2) is 60.9 Å². The molecule has 3 heterocycles. The number of hydrogen-bond acceptors (Lipinski definition) is 6. The van der Waals surface area contributed by atoms with E-state index in [9.17, 15) is 13.6 Å². The minimum absolute atomic E-state index is 0.0811. The number of benzene rings is 2. The average molecular weight is 513 g/mol. The molecule has 0 bridgehead atoms. The Labute approximate surface area is 216 Å². The largest absolute Gasteiger partial charge is 0.497 e. The maximum absolute atomic E-state index is 14.0. The minimum Gasteiger partial charge on any atom is -0.497 e. The van der Waals surface area contributed by atoms with E-state index in [2.05, 4.69) is 10.1 Å². The van der Waals surface area contributed by atoms with Gasteiger partial charge < -0.3 is 14.2 Å². The molecule has 0 atom stereocenters. The predicted octanol–water partition coefficient (Wildman–Crippen LogP) is 5.01. The first kappa shape index (κ1) is 20.9. The normalized spacial score (nSPS) is 14.9. The number of alkyl halides is 2. The Hall–Kier alpha value is -4.25. The highest BCUT2D eigenvalue weighted by Crippen LogP contribution is 2.38. The summed E-state index contributed by atoms with van der Waals surface area (Å²) in [6, 6.07) is 12.4. The Bertz CT molecular complexity index is 1510. The van der Waals surface area contributed by atoms with Crippen molar-refractivity contribution < 1.29 is 31.9 Å². The summed E-state index contributed by atoms with van der Waals surface area (Å²) in [5.74, 6) is 0.172. The first-order valence-electron chi connectivity index (χ1n) is 12.9. The lowest BCUT2D eigenvalue weighted by atomic mass is 10.1. The fourth-order valence-corrected chi connectivity index (χ4v) is 4.10. The lowest BCUT2D eigenvalue weighted by molar-refractivity contribution is 0.0817. The first-order valence-corrected chi connectivity index (χ1v) is 11.4. The second-order valence-electron chi connectivity index (χ2n) is 8.27. The molecule has 1 aliphatic rings. The van der Waals surface area contributed by atoms with E-state index in [1.54, 1.807) is 17.9 Å². The number of amides is 2. The number of methoxy groups -OCH3 is 2. The van der Waals surface area contributed by atoms with E-state index < -0.39 is 26.1 Å². The predicted molar refractivity (Wildman–Crippen MR) is 134 cm³/mol. The molecule has 0 aliphatic carbocycles. The van der Waals surface area contributed by atoms with E-state index >= 15 is 0 Å². The first-order chi connectivity index (χ1) is 19.1. The zero-order chi connectivity index (χ0) is 28.4. The summed E-state index contributed by atoms with van der Waals surface area (Å²) in [7, 11) is -1.02. The molecule has 1 aliphatic heterocycles. The van der Waals surface area contributed by atoms with Crippen LogP contribution < -0.4 is 19.3 Å². The van der Waals surface area contributed by atoms with Gasteiger partial charge in [0.1, 0.15) is 18.1 Å². The number of halogens is 2. The number of rotatable bonds is 9. The van der Waals surface area contributed by atoms with Gasteiger partial charge in [0.25, 0.3) is 6.43 Å². The maximum atomic E-state index is 14.0. The zero-order valence-electron chi connectivity index (χ0n) is 22.8. The summed E-state index contributed by atoms with van der Waals surface area (Å²) < 4.78 is 64.4. The van der Waals surface area contributed by atoms with Gasteiger partial charge in [-0.1, -0.05) is 0 Å². The number of hydrogen-bond donors (Lipinski definition) is 0. The third-order valence-electron chi connectivity index (χ3n) is 5.85. The number of urea groups is 1. The lowest BCUT2D eigenvalue weighted by Crippen LogP contribution is -2.45. The Kier molecular flexibility index (Phi) is 5.87. The van der Waals surface area contributed by atoms with Crippen molar-refractivity contribution in [2.45, 2.75) is 19.5 Å². The molecule has 2 aromatic carbocycles. The van der Waals surface area contributed by atoms with Gasteiger partial charge in [-0.3, -0.25) is 19.5 Å². The molecule has 0 spiro atoms. The van der Waals surface area contributed by atoms with Crippen molar-refractivity contribution in [2.24, 2.45) is 0 Å². The maximum Gasteiger partial charge on any atom is 0.334 e. The second kappa shape index (κ2) is 10.4. The van der Waals surface area contributed by atoms with Gasteiger partial charge in [0.15, 0.2) is 0 Å². The molecule has 5 rings (SSSR count). The highest BCUT2D eigenvalue weighted by molar-refractivity contribution is 6.11. The van der Waals surface area contributed by atoms with Crippen LogP contribution in [-0.2, 0) is 17.8 Å². The number of fused-ring (bicyclic) bond motifs is 2. The zero-order valence-corrected chi connectivity index (χ0v) is 19.8. The van der Waals surface area contributed by atoms with Crippen LogP contribution in [0.3, 0.4) is 0 Å². The standard InChI is InChI=1S/C26H25F2N5O4/c1-35-10-9-31-14-17-11-19(5-8-22(17)30-31)32-15-23-24(12-21(13-29-23)37-16-25(27)28)33(26(32)34)18-3-6-20(36-2)7-4-18/h3-8,11-14,25H,9-10,15-16H2,1-2H3/i2D3. The molecule has 37 heavy (non-hydrogen) atoms. The van der Waals surface area contributed by atoms with Crippen molar-refractivity contribution in [1.29, 1.82) is 0 Å². The number of carbonyl (C=O) groups excluding carboxylic acids is 1. The summed E-state index contributed by atoms with van der Waals surface area (Å²) in [4.78, 5) is 21.3. The second-order valence-corrected chi connectivity index (χ2v) is 8.27. The summed E-state index contributed by atoms with van der Waals surface area (Å²) in [5, 5.41) is 5.35. The lowest BCUT2D eigenvalue weighted by Gasteiger charge is -2.36. The van der Waals surface area contributed by atoms with Gasteiger partial charge in [0.2, 0.25) is 0 Å². The van der Waals surface area contributed by atoms with E-state index in [0.29, 0.717) is 35.9 Å².